The first-order valence-electron chi connectivity index (χ1n) is 4.50. The molecule has 0 radical (unpaired) electrons. The van der Waals surface area contributed by atoms with Crippen LogP contribution in [0.5, 0.6) is 0 Å². The van der Waals surface area contributed by atoms with Crippen LogP contribution in [-0.2, 0) is 35.4 Å². The van der Waals surface area contributed by atoms with Crippen molar-refractivity contribution in [3.05, 3.63) is 0 Å². The van der Waals surface area contributed by atoms with Crippen molar-refractivity contribution in [3.63, 3.8) is 0 Å². The van der Waals surface area contributed by atoms with E-state index in [4.69, 9.17) is 15.9 Å². The van der Waals surface area contributed by atoms with Gasteiger partial charge in [-0.2, -0.15) is 12.6 Å². The summed E-state index contributed by atoms with van der Waals surface area (Å²) < 4.78 is 0. The first-order valence-corrected chi connectivity index (χ1v) is 5.13. The molecule has 0 aromatic rings. The quantitative estimate of drug-likeness (QED) is 0.309. The van der Waals surface area contributed by atoms with Crippen molar-refractivity contribution < 1.29 is 45.7 Å². The van der Waals surface area contributed by atoms with Gasteiger partial charge in [-0.3, -0.25) is 9.59 Å². The molecule has 0 aliphatic rings. The fourth-order valence-corrected chi connectivity index (χ4v) is 1.05. The summed E-state index contributed by atoms with van der Waals surface area (Å²) in [6, 6.07) is -2.15. The van der Waals surface area contributed by atoms with Gasteiger partial charge < -0.3 is 21.3 Å². The van der Waals surface area contributed by atoms with Gasteiger partial charge in [-0.1, -0.05) is 0 Å². The Labute approximate surface area is 118 Å². The molecule has 0 aliphatic heterocycles. The number of amides is 1. The maximum absolute atomic E-state index is 11.2. The number of thiol groups is 1. The summed E-state index contributed by atoms with van der Waals surface area (Å²) in [5.41, 5.74) is 5.32. The smallest absolute Gasteiger partial charge is 0.326 e. The van der Waals surface area contributed by atoms with Crippen LogP contribution in [0.1, 0.15) is 12.8 Å². The van der Waals surface area contributed by atoms with Crippen molar-refractivity contribution >= 4 is 30.5 Å². The molecule has 0 aromatic carbocycles. The zero-order valence-electron chi connectivity index (χ0n) is 8.74. The number of hydrogen-bond acceptors (Lipinski definition) is 5. The van der Waals surface area contributed by atoms with Crippen molar-refractivity contribution in [1.82, 2.24) is 5.32 Å². The second kappa shape index (κ2) is 9.44. The van der Waals surface area contributed by atoms with Crippen LogP contribution >= 0.6 is 12.6 Å². The average molecular weight is 445 g/mol. The van der Waals surface area contributed by atoms with Gasteiger partial charge in [-0.05, 0) is 6.42 Å². The summed E-state index contributed by atoms with van der Waals surface area (Å²) in [6.45, 7) is 0. The molecule has 0 rings (SSSR count). The number of carbonyl (C=O) groups excluding carboxylic acids is 1. The standard InChI is InChI=1S/C8H14N2O5S.Pt/c9-4(3-16)7(13)10-5(8(14)15)1-2-6(11)12;/h4-5,16H,1-3,9H2,(H,10,13)(H,11,12)(H,14,15);/t4-,5-;/m0./s1. The minimum Gasteiger partial charge on any atom is -0.481 e. The van der Waals surface area contributed by atoms with Gasteiger partial charge in [0, 0.05) is 33.2 Å². The fourth-order valence-electron chi connectivity index (χ4n) is 0.887. The average Bonchev–Trinajstić information content (AvgIpc) is 2.21. The molecule has 17 heavy (non-hydrogen) atoms. The number of nitrogens with one attached hydrogen (secondary N) is 1. The van der Waals surface area contributed by atoms with Crippen LogP contribution < -0.4 is 11.1 Å². The summed E-state index contributed by atoms with van der Waals surface area (Å²) in [6.07, 6.45) is -0.525. The van der Waals surface area contributed by atoms with E-state index < -0.39 is 29.9 Å². The van der Waals surface area contributed by atoms with Gasteiger partial charge in [0.05, 0.1) is 6.04 Å². The Morgan fingerprint density at radius 1 is 1.29 bits per heavy atom. The van der Waals surface area contributed by atoms with Crippen LogP contribution in [0, 0.1) is 0 Å². The fraction of sp³-hybridized carbons (Fsp3) is 0.625. The topological polar surface area (TPSA) is 130 Å². The molecule has 9 heteroatoms. The Kier molecular flexibility index (Phi) is 10.4. The molecule has 0 aromatic heterocycles. The third kappa shape index (κ3) is 8.17. The minimum atomic E-state index is -1.29. The van der Waals surface area contributed by atoms with Crippen LogP contribution in [0.15, 0.2) is 0 Å². The van der Waals surface area contributed by atoms with Crippen LogP contribution in [0.25, 0.3) is 0 Å². The number of aliphatic carboxylic acids is 2. The normalized spacial score (nSPS) is 13.1. The minimum absolute atomic E-state index is 0. The Bertz CT molecular complexity index is 289. The largest absolute Gasteiger partial charge is 0.481 e. The number of nitrogens with two attached hydrogens (primary N) is 1. The van der Waals surface area contributed by atoms with E-state index in [9.17, 15) is 14.4 Å². The molecule has 102 valence electrons. The summed E-state index contributed by atoms with van der Waals surface area (Å²) in [4.78, 5) is 32.2. The predicted molar refractivity (Wildman–Crippen MR) is 58.3 cm³/mol. The molecule has 1 amide bonds. The van der Waals surface area contributed by atoms with Gasteiger partial charge in [-0.15, -0.1) is 0 Å². The van der Waals surface area contributed by atoms with Gasteiger partial charge in [0.1, 0.15) is 6.04 Å². The Morgan fingerprint density at radius 2 is 1.82 bits per heavy atom. The molecule has 0 unspecified atom stereocenters. The summed E-state index contributed by atoms with van der Waals surface area (Å²) in [5, 5.41) is 19.3. The van der Waals surface area contributed by atoms with Gasteiger partial charge >= 0.3 is 11.9 Å². The summed E-state index contributed by atoms with van der Waals surface area (Å²) >= 11 is 3.79. The van der Waals surface area contributed by atoms with Crippen molar-refractivity contribution in [1.29, 1.82) is 0 Å². The molecule has 2 atom stereocenters. The maximum atomic E-state index is 11.2. The predicted octanol–water partition coefficient (Wildman–Crippen LogP) is -1.32. The van der Waals surface area contributed by atoms with E-state index in [-0.39, 0.29) is 39.7 Å². The van der Waals surface area contributed by atoms with Crippen LogP contribution in [0.3, 0.4) is 0 Å². The van der Waals surface area contributed by atoms with E-state index in [0.717, 1.165) is 0 Å². The molecule has 5 N–H and O–H groups in total. The number of carbonyl (C=O) groups is 3. The third-order valence-corrected chi connectivity index (χ3v) is 2.19. The summed E-state index contributed by atoms with van der Waals surface area (Å²) in [5.74, 6) is -3.00. The van der Waals surface area contributed by atoms with E-state index >= 15 is 0 Å². The molecular formula is C8H14N2O5PtS. The van der Waals surface area contributed by atoms with E-state index in [1.54, 1.807) is 0 Å². The monoisotopic (exact) mass is 445 g/mol. The molecule has 0 saturated heterocycles. The third-order valence-electron chi connectivity index (χ3n) is 1.79. The van der Waals surface area contributed by atoms with Crippen molar-refractivity contribution in [2.75, 3.05) is 5.75 Å². The van der Waals surface area contributed by atoms with Crippen LogP contribution in [0.2, 0.25) is 0 Å². The summed E-state index contributed by atoms with van der Waals surface area (Å²) in [7, 11) is 0. The number of rotatable bonds is 7. The second-order valence-electron chi connectivity index (χ2n) is 3.12. The molecular weight excluding hydrogens is 431 g/mol. The van der Waals surface area contributed by atoms with Crippen molar-refractivity contribution in [2.24, 2.45) is 5.73 Å². The van der Waals surface area contributed by atoms with Crippen molar-refractivity contribution in [2.45, 2.75) is 24.9 Å². The number of carboxylic acid groups (broad SMARTS) is 2. The first kappa shape index (κ1) is 18.8. The van der Waals surface area contributed by atoms with Crippen molar-refractivity contribution in [3.8, 4) is 0 Å². The van der Waals surface area contributed by atoms with Crippen LogP contribution in [-0.4, -0.2) is 45.9 Å². The Morgan fingerprint density at radius 3 is 2.18 bits per heavy atom. The first-order chi connectivity index (χ1) is 7.38. The number of carboxylic acids is 2. The SMILES string of the molecule is N[C@@H](CS)C(=O)N[C@@H](CCC(=O)O)C(=O)O.[Pt]. The number of hydrogen-bond donors (Lipinski definition) is 5. The molecule has 0 bridgehead atoms. The zero-order valence-corrected chi connectivity index (χ0v) is 11.9. The van der Waals surface area contributed by atoms with Gasteiger partial charge in [0.25, 0.3) is 0 Å². The van der Waals surface area contributed by atoms with Crippen LogP contribution in [0.4, 0.5) is 0 Å². The molecule has 7 nitrogen and oxygen atoms in total. The van der Waals surface area contributed by atoms with E-state index in [2.05, 4.69) is 17.9 Å². The molecule has 0 fully saturated rings. The maximum Gasteiger partial charge on any atom is 0.326 e. The molecule has 0 heterocycles. The second-order valence-corrected chi connectivity index (χ2v) is 3.49. The van der Waals surface area contributed by atoms with Gasteiger partial charge in [0.2, 0.25) is 5.91 Å². The Balaban J connectivity index is 0. The van der Waals surface area contributed by atoms with E-state index in [1.165, 1.54) is 0 Å². The molecule has 0 spiro atoms. The Hall–Kier alpha value is -0.592. The van der Waals surface area contributed by atoms with Gasteiger partial charge in [-0.25, -0.2) is 4.79 Å². The molecule has 0 saturated carbocycles. The molecule has 0 aliphatic carbocycles. The zero-order chi connectivity index (χ0) is 12.7. The van der Waals surface area contributed by atoms with E-state index in [0.29, 0.717) is 0 Å². The van der Waals surface area contributed by atoms with Gasteiger partial charge in [0.15, 0.2) is 0 Å². The van der Waals surface area contributed by atoms with E-state index in [1.807, 2.05) is 0 Å².